The van der Waals surface area contributed by atoms with E-state index < -0.39 is 23.7 Å². The van der Waals surface area contributed by atoms with Gasteiger partial charge in [-0.15, -0.1) is 0 Å². The van der Waals surface area contributed by atoms with Crippen molar-refractivity contribution in [2.24, 2.45) is 0 Å². The van der Waals surface area contributed by atoms with Crippen LogP contribution in [-0.4, -0.2) is 65.9 Å². The van der Waals surface area contributed by atoms with Crippen molar-refractivity contribution in [3.63, 3.8) is 0 Å². The van der Waals surface area contributed by atoms with Gasteiger partial charge in [0, 0.05) is 20.0 Å². The highest BCUT2D eigenvalue weighted by molar-refractivity contribution is 6.46. The van der Waals surface area contributed by atoms with Crippen LogP contribution in [0.2, 0.25) is 0 Å². The Morgan fingerprint density at radius 1 is 1.11 bits per heavy atom. The highest BCUT2D eigenvalue weighted by atomic mass is 16.5. The van der Waals surface area contributed by atoms with Gasteiger partial charge in [0.1, 0.15) is 17.3 Å². The third-order valence-electron chi connectivity index (χ3n) is 6.14. The number of esters is 1. The van der Waals surface area contributed by atoms with Crippen molar-refractivity contribution in [2.45, 2.75) is 33.7 Å². The van der Waals surface area contributed by atoms with Crippen LogP contribution in [-0.2, 0) is 14.4 Å². The number of Topliss-reactive ketones (excluding diaryl/α,β-unsaturated/α-hetero) is 1. The van der Waals surface area contributed by atoms with Crippen molar-refractivity contribution in [1.29, 1.82) is 0 Å². The molecule has 0 saturated carbocycles. The van der Waals surface area contributed by atoms with E-state index in [2.05, 4.69) is 4.90 Å². The summed E-state index contributed by atoms with van der Waals surface area (Å²) in [5, 5.41) is 11.4. The summed E-state index contributed by atoms with van der Waals surface area (Å²) in [6.45, 7) is 9.67. The Kier molecular flexibility index (Phi) is 8.30. The zero-order valence-corrected chi connectivity index (χ0v) is 20.8. The first kappa shape index (κ1) is 26.0. The molecule has 1 N–H and O–H groups in total. The second kappa shape index (κ2) is 11.2. The summed E-state index contributed by atoms with van der Waals surface area (Å²) < 4.78 is 10.6. The molecule has 1 atom stereocenters. The van der Waals surface area contributed by atoms with Gasteiger partial charge in [-0.05, 0) is 49.8 Å². The molecular formula is C27H32N2O6. The van der Waals surface area contributed by atoms with Crippen LogP contribution >= 0.6 is 0 Å². The molecule has 35 heavy (non-hydrogen) atoms. The average molecular weight is 481 g/mol. The van der Waals surface area contributed by atoms with Gasteiger partial charge in [-0.3, -0.25) is 14.4 Å². The number of nitrogens with zero attached hydrogens (tertiary/aromatic N) is 2. The molecule has 0 spiro atoms. The first-order valence-electron chi connectivity index (χ1n) is 11.7. The summed E-state index contributed by atoms with van der Waals surface area (Å²) in [4.78, 5) is 41.6. The summed E-state index contributed by atoms with van der Waals surface area (Å²) in [5.74, 6) is -1.58. The highest BCUT2D eigenvalue weighted by Gasteiger charge is 2.46. The molecular weight excluding hydrogens is 448 g/mol. The smallest absolute Gasteiger partial charge is 0.308 e. The zero-order valence-electron chi connectivity index (χ0n) is 20.8. The number of hydrogen-bond donors (Lipinski definition) is 1. The number of benzene rings is 2. The Hall–Kier alpha value is -3.65. The van der Waals surface area contributed by atoms with Crippen LogP contribution in [0.25, 0.3) is 5.76 Å². The molecule has 1 aliphatic rings. The van der Waals surface area contributed by atoms with Crippen molar-refractivity contribution in [3.05, 3.63) is 64.7 Å². The summed E-state index contributed by atoms with van der Waals surface area (Å²) >= 11 is 0. The minimum atomic E-state index is -0.855. The van der Waals surface area contributed by atoms with E-state index in [1.165, 1.54) is 18.9 Å². The largest absolute Gasteiger partial charge is 0.507 e. The number of ketones is 1. The average Bonchev–Trinajstić information content (AvgIpc) is 3.09. The maximum absolute atomic E-state index is 13.3. The summed E-state index contributed by atoms with van der Waals surface area (Å²) in [7, 11) is 1.48. The molecule has 1 heterocycles. The normalized spacial score (nSPS) is 17.2. The van der Waals surface area contributed by atoms with Crippen LogP contribution in [0, 0.1) is 6.92 Å². The number of methoxy groups -OCH3 is 1. The predicted octanol–water partition coefficient (Wildman–Crippen LogP) is 3.69. The number of aliphatic hydroxyl groups excluding tert-OH is 1. The summed E-state index contributed by atoms with van der Waals surface area (Å²) in [6.07, 6.45) is 0. The van der Waals surface area contributed by atoms with Crippen molar-refractivity contribution in [2.75, 3.05) is 33.3 Å². The standard InChI is InChI=1S/C27H32N2O6/c1-6-28(7-2)13-14-29-24(19-9-8-10-20(16-19)35-18(4)30)23(26(32)27(29)33)25(31)21-15-17(3)11-12-22(21)34-5/h8-12,15-16,24,31H,6-7,13-14H2,1-5H3/b25-23+. The highest BCUT2D eigenvalue weighted by Crippen LogP contribution is 2.41. The lowest BCUT2D eigenvalue weighted by Crippen LogP contribution is -2.38. The molecule has 2 aromatic carbocycles. The Morgan fingerprint density at radius 3 is 2.46 bits per heavy atom. The molecule has 1 fully saturated rings. The lowest BCUT2D eigenvalue weighted by atomic mass is 9.94. The molecule has 1 unspecified atom stereocenters. The summed E-state index contributed by atoms with van der Waals surface area (Å²) in [5.41, 5.74) is 1.71. The van der Waals surface area contributed by atoms with Crippen LogP contribution in [0.15, 0.2) is 48.0 Å². The topological polar surface area (TPSA) is 96.4 Å². The zero-order chi connectivity index (χ0) is 25.7. The third kappa shape index (κ3) is 5.54. The molecule has 8 heteroatoms. The minimum absolute atomic E-state index is 0.0292. The van der Waals surface area contributed by atoms with E-state index in [4.69, 9.17) is 9.47 Å². The molecule has 1 saturated heterocycles. The van der Waals surface area contributed by atoms with Gasteiger partial charge in [-0.25, -0.2) is 0 Å². The molecule has 8 nitrogen and oxygen atoms in total. The Labute approximate surface area is 205 Å². The van der Waals surface area contributed by atoms with E-state index in [1.807, 2.05) is 26.8 Å². The van der Waals surface area contributed by atoms with E-state index >= 15 is 0 Å². The van der Waals surface area contributed by atoms with Gasteiger partial charge < -0.3 is 24.4 Å². The van der Waals surface area contributed by atoms with E-state index in [0.29, 0.717) is 23.4 Å². The second-order valence-electron chi connectivity index (χ2n) is 8.39. The van der Waals surface area contributed by atoms with Crippen LogP contribution in [0.1, 0.15) is 43.5 Å². The molecule has 3 rings (SSSR count). The fraction of sp³-hybridized carbons (Fsp3) is 0.370. The van der Waals surface area contributed by atoms with Gasteiger partial charge in [-0.2, -0.15) is 0 Å². The van der Waals surface area contributed by atoms with Gasteiger partial charge in [-0.1, -0.05) is 37.6 Å². The number of likely N-dealkylation sites (tertiary alicyclic amines) is 1. The Balaban J connectivity index is 2.19. The maximum Gasteiger partial charge on any atom is 0.308 e. The van der Waals surface area contributed by atoms with Gasteiger partial charge in [0.05, 0.1) is 24.3 Å². The third-order valence-corrected chi connectivity index (χ3v) is 6.14. The maximum atomic E-state index is 13.3. The predicted molar refractivity (Wildman–Crippen MR) is 132 cm³/mol. The van der Waals surface area contributed by atoms with Crippen molar-refractivity contribution in [3.8, 4) is 11.5 Å². The molecule has 2 aromatic rings. The van der Waals surface area contributed by atoms with Crippen molar-refractivity contribution in [1.82, 2.24) is 9.80 Å². The lowest BCUT2D eigenvalue weighted by molar-refractivity contribution is -0.140. The molecule has 0 aliphatic carbocycles. The fourth-order valence-corrected chi connectivity index (χ4v) is 4.31. The van der Waals surface area contributed by atoms with E-state index in [-0.39, 0.29) is 23.6 Å². The monoisotopic (exact) mass is 480 g/mol. The molecule has 186 valence electrons. The number of carbonyl (C=O) groups excluding carboxylic acids is 3. The van der Waals surface area contributed by atoms with Crippen LogP contribution in [0.3, 0.4) is 0 Å². The number of rotatable bonds is 9. The minimum Gasteiger partial charge on any atom is -0.507 e. The molecule has 1 aliphatic heterocycles. The van der Waals surface area contributed by atoms with Crippen LogP contribution in [0.4, 0.5) is 0 Å². The number of ether oxygens (including phenoxy) is 2. The number of aliphatic hydroxyl groups is 1. The number of amides is 1. The quantitative estimate of drug-likeness (QED) is 0.192. The molecule has 0 radical (unpaired) electrons. The molecule has 0 aromatic heterocycles. The number of hydrogen-bond acceptors (Lipinski definition) is 7. The van der Waals surface area contributed by atoms with E-state index in [0.717, 1.165) is 18.7 Å². The van der Waals surface area contributed by atoms with Gasteiger partial charge >= 0.3 is 5.97 Å². The molecule has 1 amide bonds. The fourth-order valence-electron chi connectivity index (χ4n) is 4.31. The first-order valence-corrected chi connectivity index (χ1v) is 11.7. The van der Waals surface area contributed by atoms with Crippen molar-refractivity contribution >= 4 is 23.4 Å². The second-order valence-corrected chi connectivity index (χ2v) is 8.39. The van der Waals surface area contributed by atoms with E-state index in [1.54, 1.807) is 36.4 Å². The number of aryl methyl sites for hydroxylation is 1. The first-order chi connectivity index (χ1) is 16.7. The van der Waals surface area contributed by atoms with Crippen molar-refractivity contribution < 1.29 is 29.0 Å². The van der Waals surface area contributed by atoms with E-state index in [9.17, 15) is 19.5 Å². The van der Waals surface area contributed by atoms with Gasteiger partial charge in [0.2, 0.25) is 0 Å². The van der Waals surface area contributed by atoms with Gasteiger partial charge in [0.15, 0.2) is 0 Å². The summed E-state index contributed by atoms with van der Waals surface area (Å²) in [6, 6.07) is 11.1. The Morgan fingerprint density at radius 2 is 1.83 bits per heavy atom. The lowest BCUT2D eigenvalue weighted by Gasteiger charge is -2.28. The number of carbonyl (C=O) groups is 3. The number of likely N-dealkylation sites (N-methyl/N-ethyl adjacent to an activating group) is 1. The SMILES string of the molecule is CCN(CC)CCN1C(=O)C(=O)/C(=C(/O)c2cc(C)ccc2OC)C1c1cccc(OC(C)=O)c1. The van der Waals surface area contributed by atoms with Crippen LogP contribution in [0.5, 0.6) is 11.5 Å². The van der Waals surface area contributed by atoms with Crippen LogP contribution < -0.4 is 9.47 Å². The Bertz CT molecular complexity index is 1150. The molecule has 0 bridgehead atoms. The van der Waals surface area contributed by atoms with Gasteiger partial charge in [0.25, 0.3) is 11.7 Å².